The van der Waals surface area contributed by atoms with Gasteiger partial charge in [0.15, 0.2) is 0 Å². The maximum Gasteiger partial charge on any atom is 0.337 e. The fourth-order valence-electron chi connectivity index (χ4n) is 0.873. The van der Waals surface area contributed by atoms with Crippen LogP contribution in [0.3, 0.4) is 0 Å². The average molecular weight is 312 g/mol. The third-order valence-corrected chi connectivity index (χ3v) is 1.61. The predicted molar refractivity (Wildman–Crippen MR) is 83.2 cm³/mol. The van der Waals surface area contributed by atoms with Crippen LogP contribution in [-0.4, -0.2) is 34.7 Å². The van der Waals surface area contributed by atoms with E-state index in [2.05, 4.69) is 13.2 Å². The van der Waals surface area contributed by atoms with Gasteiger partial charge in [-0.15, -0.1) is 0 Å². The molecule has 0 amide bonds. The Bertz CT molecular complexity index is 452. The summed E-state index contributed by atoms with van der Waals surface area (Å²) in [6.07, 6.45) is 2.87. The monoisotopic (exact) mass is 312 g/mol. The van der Waals surface area contributed by atoms with Crippen molar-refractivity contribution in [3.05, 3.63) is 37.0 Å². The molecule has 0 aromatic heterocycles. The molecule has 0 atom stereocenters. The van der Waals surface area contributed by atoms with Crippen molar-refractivity contribution in [1.82, 2.24) is 0 Å². The molecule has 0 heterocycles. The summed E-state index contributed by atoms with van der Waals surface area (Å²) in [6, 6.07) is 0. The Morgan fingerprint density at radius 2 is 1.64 bits per heavy atom. The SMILES string of the molecule is C=C(C=CC(=O)O)C(=O)OC(C)C.C=CC(=O)OC(C)(C)C. The minimum atomic E-state index is -1.13. The van der Waals surface area contributed by atoms with Crippen molar-refractivity contribution in [3.63, 3.8) is 0 Å². The quantitative estimate of drug-likeness (QED) is 0.477. The van der Waals surface area contributed by atoms with Gasteiger partial charge in [0.25, 0.3) is 0 Å². The van der Waals surface area contributed by atoms with Gasteiger partial charge in [-0.25, -0.2) is 14.4 Å². The lowest BCUT2D eigenvalue weighted by atomic mass is 10.2. The number of hydrogen-bond donors (Lipinski definition) is 1. The van der Waals surface area contributed by atoms with Crippen LogP contribution >= 0.6 is 0 Å². The highest BCUT2D eigenvalue weighted by atomic mass is 16.6. The zero-order valence-electron chi connectivity index (χ0n) is 13.7. The van der Waals surface area contributed by atoms with E-state index < -0.39 is 17.5 Å². The molecule has 0 bridgehead atoms. The van der Waals surface area contributed by atoms with Gasteiger partial charge in [0.2, 0.25) is 0 Å². The van der Waals surface area contributed by atoms with Gasteiger partial charge in [0, 0.05) is 12.2 Å². The highest BCUT2D eigenvalue weighted by molar-refractivity contribution is 5.93. The number of carboxylic acids is 1. The van der Waals surface area contributed by atoms with E-state index in [4.69, 9.17) is 14.6 Å². The van der Waals surface area contributed by atoms with Gasteiger partial charge >= 0.3 is 17.9 Å². The van der Waals surface area contributed by atoms with Crippen LogP contribution in [0.4, 0.5) is 0 Å². The second-order valence-corrected chi connectivity index (χ2v) is 5.39. The first-order valence-electron chi connectivity index (χ1n) is 6.55. The van der Waals surface area contributed by atoms with E-state index in [0.29, 0.717) is 0 Å². The third-order valence-electron chi connectivity index (χ3n) is 1.61. The van der Waals surface area contributed by atoms with Gasteiger partial charge < -0.3 is 14.6 Å². The van der Waals surface area contributed by atoms with E-state index in [9.17, 15) is 14.4 Å². The van der Waals surface area contributed by atoms with Crippen LogP contribution in [0, 0.1) is 0 Å². The molecule has 0 fully saturated rings. The number of hydrogen-bond acceptors (Lipinski definition) is 5. The molecule has 0 spiro atoms. The Balaban J connectivity index is 0. The van der Waals surface area contributed by atoms with Gasteiger partial charge in [-0.1, -0.05) is 13.2 Å². The fourth-order valence-corrected chi connectivity index (χ4v) is 0.873. The summed E-state index contributed by atoms with van der Waals surface area (Å²) in [5.74, 6) is -2.10. The van der Waals surface area contributed by atoms with Crippen molar-refractivity contribution in [2.75, 3.05) is 0 Å². The van der Waals surface area contributed by atoms with Crippen LogP contribution < -0.4 is 0 Å². The molecule has 0 aliphatic carbocycles. The number of carbonyl (C=O) groups is 3. The first-order valence-corrected chi connectivity index (χ1v) is 6.55. The molecular weight excluding hydrogens is 288 g/mol. The summed E-state index contributed by atoms with van der Waals surface area (Å²) in [6.45, 7) is 15.5. The third kappa shape index (κ3) is 15.7. The molecule has 124 valence electrons. The van der Waals surface area contributed by atoms with Crippen LogP contribution in [-0.2, 0) is 23.9 Å². The number of rotatable bonds is 5. The number of carboxylic acid groups (broad SMARTS) is 1. The zero-order valence-corrected chi connectivity index (χ0v) is 13.7. The van der Waals surface area contributed by atoms with Crippen LogP contribution in [0.25, 0.3) is 0 Å². The number of esters is 2. The number of aliphatic carboxylic acids is 1. The molecule has 0 aliphatic heterocycles. The molecule has 0 saturated heterocycles. The Morgan fingerprint density at radius 3 is 1.91 bits per heavy atom. The summed E-state index contributed by atoms with van der Waals surface area (Å²) < 4.78 is 9.59. The molecular formula is C16H24O6. The summed E-state index contributed by atoms with van der Waals surface area (Å²) in [4.78, 5) is 31.6. The molecule has 0 saturated carbocycles. The minimum Gasteiger partial charge on any atom is -0.478 e. The zero-order chi connectivity index (χ0) is 17.9. The molecule has 1 N–H and O–H groups in total. The average Bonchev–Trinajstić information content (AvgIpc) is 2.33. The maximum atomic E-state index is 11.0. The summed E-state index contributed by atoms with van der Waals surface area (Å²) in [5, 5.41) is 8.25. The van der Waals surface area contributed by atoms with E-state index >= 15 is 0 Å². The van der Waals surface area contributed by atoms with Crippen LogP contribution in [0.5, 0.6) is 0 Å². The Labute approximate surface area is 131 Å². The molecule has 6 nitrogen and oxygen atoms in total. The highest BCUT2D eigenvalue weighted by Gasteiger charge is 2.12. The summed E-state index contributed by atoms with van der Waals surface area (Å²) in [5.41, 5.74) is -0.373. The van der Waals surface area contributed by atoms with Crippen molar-refractivity contribution < 1.29 is 29.0 Å². The molecule has 0 aliphatic rings. The number of ether oxygens (including phenoxy) is 2. The fraction of sp³-hybridized carbons (Fsp3) is 0.438. The molecule has 0 unspecified atom stereocenters. The van der Waals surface area contributed by atoms with Crippen molar-refractivity contribution in [3.8, 4) is 0 Å². The molecule has 6 heteroatoms. The normalized spacial score (nSPS) is 10.5. The van der Waals surface area contributed by atoms with E-state index in [0.717, 1.165) is 18.2 Å². The van der Waals surface area contributed by atoms with Crippen molar-refractivity contribution in [2.24, 2.45) is 0 Å². The molecule has 0 aromatic carbocycles. The summed E-state index contributed by atoms with van der Waals surface area (Å²) in [7, 11) is 0. The van der Waals surface area contributed by atoms with E-state index in [1.165, 1.54) is 0 Å². The van der Waals surface area contributed by atoms with Gasteiger partial charge in [0.1, 0.15) is 5.60 Å². The first kappa shape index (κ1) is 21.9. The minimum absolute atomic E-state index is 0.0242. The van der Waals surface area contributed by atoms with Gasteiger partial charge in [0.05, 0.1) is 11.7 Å². The lowest BCUT2D eigenvalue weighted by molar-refractivity contribution is -0.148. The van der Waals surface area contributed by atoms with Crippen molar-refractivity contribution in [1.29, 1.82) is 0 Å². The van der Waals surface area contributed by atoms with Crippen LogP contribution in [0.15, 0.2) is 37.0 Å². The van der Waals surface area contributed by atoms with E-state index in [1.807, 2.05) is 20.8 Å². The summed E-state index contributed by atoms with van der Waals surface area (Å²) >= 11 is 0. The standard InChI is InChI=1S/C9H12O4.C7H12O2/c1-6(2)13-9(12)7(3)4-5-8(10)11;1-5-6(8)9-7(2,3)4/h4-6H,3H2,1-2H3,(H,10,11);5H,1H2,2-4H3. The highest BCUT2D eigenvalue weighted by Crippen LogP contribution is 2.06. The Morgan fingerprint density at radius 1 is 1.14 bits per heavy atom. The lowest BCUT2D eigenvalue weighted by Crippen LogP contribution is -2.22. The molecule has 0 aromatic rings. The van der Waals surface area contributed by atoms with Gasteiger partial charge in [-0.3, -0.25) is 0 Å². The Hall–Kier alpha value is -2.37. The van der Waals surface area contributed by atoms with E-state index in [-0.39, 0.29) is 17.6 Å². The van der Waals surface area contributed by atoms with Crippen molar-refractivity contribution >= 4 is 17.9 Å². The largest absolute Gasteiger partial charge is 0.478 e. The maximum absolute atomic E-state index is 11.0. The second-order valence-electron chi connectivity index (χ2n) is 5.39. The molecule has 22 heavy (non-hydrogen) atoms. The smallest absolute Gasteiger partial charge is 0.337 e. The lowest BCUT2D eigenvalue weighted by Gasteiger charge is -2.17. The molecule has 0 radical (unpaired) electrons. The van der Waals surface area contributed by atoms with E-state index in [1.54, 1.807) is 13.8 Å². The van der Waals surface area contributed by atoms with Crippen LogP contribution in [0.2, 0.25) is 0 Å². The first-order chi connectivity index (χ1) is 9.88. The number of carbonyl (C=O) groups excluding carboxylic acids is 2. The van der Waals surface area contributed by atoms with Crippen molar-refractivity contribution in [2.45, 2.75) is 46.3 Å². The predicted octanol–water partition coefficient (Wildman–Crippen LogP) is 2.65. The second kappa shape index (κ2) is 10.4. The van der Waals surface area contributed by atoms with Crippen LogP contribution in [0.1, 0.15) is 34.6 Å². The van der Waals surface area contributed by atoms with Gasteiger partial charge in [-0.05, 0) is 40.7 Å². The Kier molecular flexibility index (Phi) is 10.3. The van der Waals surface area contributed by atoms with Gasteiger partial charge in [-0.2, -0.15) is 0 Å². The molecule has 0 rings (SSSR count). The topological polar surface area (TPSA) is 89.9 Å².